The van der Waals surface area contributed by atoms with Crippen molar-refractivity contribution in [3.63, 3.8) is 0 Å². The monoisotopic (exact) mass is 275 g/mol. The number of fused-ring (bicyclic) bond motifs is 1. The van der Waals surface area contributed by atoms with Crippen LogP contribution in [0.25, 0.3) is 0 Å². The van der Waals surface area contributed by atoms with Crippen LogP contribution in [-0.4, -0.2) is 16.3 Å². The zero-order valence-electron chi connectivity index (χ0n) is 11.4. The molecular formula is C15H18ClN3. The molecule has 0 spiro atoms. The molecule has 0 radical (unpaired) electrons. The van der Waals surface area contributed by atoms with E-state index in [1.165, 1.54) is 28.9 Å². The molecule has 1 aromatic carbocycles. The third kappa shape index (κ3) is 2.35. The molecule has 0 unspecified atom stereocenters. The molecule has 3 rings (SSSR count). The Bertz CT molecular complexity index is 603. The van der Waals surface area contributed by atoms with Gasteiger partial charge in [0, 0.05) is 42.1 Å². The second-order valence-corrected chi connectivity index (χ2v) is 5.61. The summed E-state index contributed by atoms with van der Waals surface area (Å²) in [6, 6.07) is 6.22. The minimum absolute atomic E-state index is 0.832. The van der Waals surface area contributed by atoms with E-state index in [0.717, 1.165) is 24.5 Å². The van der Waals surface area contributed by atoms with E-state index in [4.69, 9.17) is 11.6 Å². The van der Waals surface area contributed by atoms with Gasteiger partial charge in [-0.15, -0.1) is 0 Å². The van der Waals surface area contributed by atoms with Crippen LogP contribution in [0.3, 0.4) is 0 Å². The van der Waals surface area contributed by atoms with Crippen molar-refractivity contribution < 1.29 is 0 Å². The van der Waals surface area contributed by atoms with Gasteiger partial charge in [-0.05, 0) is 43.5 Å². The number of aryl methyl sites for hydroxylation is 2. The molecule has 0 bridgehead atoms. The maximum absolute atomic E-state index is 6.08. The van der Waals surface area contributed by atoms with Crippen molar-refractivity contribution in [2.24, 2.45) is 7.05 Å². The van der Waals surface area contributed by atoms with E-state index in [2.05, 4.69) is 29.1 Å². The largest absolute Gasteiger partial charge is 0.367 e. The first-order valence-corrected chi connectivity index (χ1v) is 7.04. The highest BCUT2D eigenvalue weighted by atomic mass is 35.5. The minimum Gasteiger partial charge on any atom is -0.367 e. The molecule has 100 valence electrons. The average Bonchev–Trinajstić information content (AvgIpc) is 2.71. The van der Waals surface area contributed by atoms with Gasteiger partial charge in [-0.2, -0.15) is 5.10 Å². The van der Waals surface area contributed by atoms with Gasteiger partial charge in [0.25, 0.3) is 0 Å². The molecule has 0 amide bonds. The summed E-state index contributed by atoms with van der Waals surface area (Å²) in [5, 5.41) is 5.15. The van der Waals surface area contributed by atoms with Crippen LogP contribution in [0.1, 0.15) is 23.2 Å². The van der Waals surface area contributed by atoms with E-state index in [1.54, 1.807) is 0 Å². The van der Waals surface area contributed by atoms with E-state index >= 15 is 0 Å². The molecule has 3 nitrogen and oxygen atoms in total. The number of halogens is 1. The Morgan fingerprint density at radius 3 is 2.95 bits per heavy atom. The van der Waals surface area contributed by atoms with Crippen LogP contribution in [0.4, 0.5) is 5.69 Å². The molecular weight excluding hydrogens is 258 g/mol. The molecule has 0 aliphatic carbocycles. The number of anilines is 1. The lowest BCUT2D eigenvalue weighted by molar-refractivity contribution is 0.686. The Labute approximate surface area is 118 Å². The highest BCUT2D eigenvalue weighted by Gasteiger charge is 2.18. The zero-order chi connectivity index (χ0) is 13.4. The summed E-state index contributed by atoms with van der Waals surface area (Å²) < 4.78 is 1.93. The van der Waals surface area contributed by atoms with Gasteiger partial charge in [-0.3, -0.25) is 4.68 Å². The number of hydrogen-bond acceptors (Lipinski definition) is 2. The summed E-state index contributed by atoms with van der Waals surface area (Å²) in [7, 11) is 1.99. The first-order valence-electron chi connectivity index (χ1n) is 6.66. The van der Waals surface area contributed by atoms with Crippen molar-refractivity contribution in [2.45, 2.75) is 26.3 Å². The quantitative estimate of drug-likeness (QED) is 0.838. The molecule has 4 heteroatoms. The third-order valence-electron chi connectivity index (χ3n) is 3.95. The Hall–Kier alpha value is -1.48. The van der Waals surface area contributed by atoms with Gasteiger partial charge in [0.15, 0.2) is 0 Å². The summed E-state index contributed by atoms with van der Waals surface area (Å²) in [4.78, 5) is 2.43. The van der Waals surface area contributed by atoms with Gasteiger partial charge in [0.1, 0.15) is 0 Å². The van der Waals surface area contributed by atoms with Gasteiger partial charge in [-0.1, -0.05) is 11.6 Å². The summed E-state index contributed by atoms with van der Waals surface area (Å²) in [5.74, 6) is 0. The predicted octanol–water partition coefficient (Wildman–Crippen LogP) is 3.33. The number of benzene rings is 1. The van der Waals surface area contributed by atoms with Crippen LogP contribution < -0.4 is 4.90 Å². The lowest BCUT2D eigenvalue weighted by Gasteiger charge is -2.31. The van der Waals surface area contributed by atoms with E-state index in [-0.39, 0.29) is 0 Å². The number of aromatic nitrogens is 2. The van der Waals surface area contributed by atoms with Crippen molar-refractivity contribution in [2.75, 3.05) is 11.4 Å². The molecule has 1 aliphatic heterocycles. The van der Waals surface area contributed by atoms with E-state index in [1.807, 2.05) is 24.0 Å². The Morgan fingerprint density at radius 1 is 1.37 bits per heavy atom. The van der Waals surface area contributed by atoms with Crippen LogP contribution in [0.15, 0.2) is 24.4 Å². The van der Waals surface area contributed by atoms with Gasteiger partial charge >= 0.3 is 0 Å². The van der Waals surface area contributed by atoms with Crippen molar-refractivity contribution in [3.05, 3.63) is 46.2 Å². The summed E-state index contributed by atoms with van der Waals surface area (Å²) in [6.07, 6.45) is 4.28. The molecule has 0 atom stereocenters. The average molecular weight is 276 g/mol. The smallest absolute Gasteiger partial charge is 0.0542 e. The Morgan fingerprint density at radius 2 is 2.21 bits per heavy atom. The zero-order valence-corrected chi connectivity index (χ0v) is 12.1. The maximum atomic E-state index is 6.08. The van der Waals surface area contributed by atoms with Crippen molar-refractivity contribution in [1.29, 1.82) is 0 Å². The van der Waals surface area contributed by atoms with Crippen LogP contribution in [-0.2, 0) is 20.0 Å². The van der Waals surface area contributed by atoms with Crippen molar-refractivity contribution in [1.82, 2.24) is 9.78 Å². The fourth-order valence-corrected chi connectivity index (χ4v) is 2.91. The SMILES string of the molecule is Cc1c(CN2CCCc3cc(Cl)ccc32)cnn1C. The molecule has 2 aromatic rings. The third-order valence-corrected chi connectivity index (χ3v) is 4.19. The van der Waals surface area contributed by atoms with Gasteiger partial charge in [0.05, 0.1) is 6.20 Å². The second kappa shape index (κ2) is 4.89. The molecule has 19 heavy (non-hydrogen) atoms. The molecule has 0 saturated carbocycles. The summed E-state index contributed by atoms with van der Waals surface area (Å²) in [5.41, 5.74) is 5.21. The molecule has 0 fully saturated rings. The van der Waals surface area contributed by atoms with Gasteiger partial charge in [-0.25, -0.2) is 0 Å². The van der Waals surface area contributed by atoms with Gasteiger partial charge < -0.3 is 4.90 Å². The predicted molar refractivity (Wildman–Crippen MR) is 78.8 cm³/mol. The van der Waals surface area contributed by atoms with Crippen LogP contribution >= 0.6 is 11.6 Å². The molecule has 1 aliphatic rings. The lowest BCUT2D eigenvalue weighted by Crippen LogP contribution is -2.28. The summed E-state index contributed by atoms with van der Waals surface area (Å²) >= 11 is 6.08. The first kappa shape index (κ1) is 12.5. The standard InChI is InChI=1S/C15H18ClN3/c1-11-13(9-17-18(11)2)10-19-7-3-4-12-8-14(16)5-6-15(12)19/h5-6,8-9H,3-4,7,10H2,1-2H3. The maximum Gasteiger partial charge on any atom is 0.0542 e. The number of nitrogens with zero attached hydrogens (tertiary/aromatic N) is 3. The highest BCUT2D eigenvalue weighted by Crippen LogP contribution is 2.30. The van der Waals surface area contributed by atoms with E-state index in [9.17, 15) is 0 Å². The van der Waals surface area contributed by atoms with Crippen LogP contribution in [0, 0.1) is 6.92 Å². The van der Waals surface area contributed by atoms with Crippen molar-refractivity contribution >= 4 is 17.3 Å². The first-order chi connectivity index (χ1) is 9.15. The number of rotatable bonds is 2. The fourth-order valence-electron chi connectivity index (χ4n) is 2.71. The molecule has 0 saturated heterocycles. The van der Waals surface area contributed by atoms with E-state index in [0.29, 0.717) is 0 Å². The Balaban J connectivity index is 1.90. The topological polar surface area (TPSA) is 21.1 Å². The molecule has 1 aromatic heterocycles. The Kier molecular flexibility index (Phi) is 3.23. The lowest BCUT2D eigenvalue weighted by atomic mass is 10.0. The van der Waals surface area contributed by atoms with Gasteiger partial charge in [0.2, 0.25) is 0 Å². The fraction of sp³-hybridized carbons (Fsp3) is 0.400. The molecule has 2 heterocycles. The second-order valence-electron chi connectivity index (χ2n) is 5.18. The normalized spacial score (nSPS) is 14.6. The molecule has 0 N–H and O–H groups in total. The van der Waals surface area contributed by atoms with Crippen molar-refractivity contribution in [3.8, 4) is 0 Å². The summed E-state index contributed by atoms with van der Waals surface area (Å²) in [6.45, 7) is 4.15. The van der Waals surface area contributed by atoms with E-state index < -0.39 is 0 Å². The number of hydrogen-bond donors (Lipinski definition) is 0. The highest BCUT2D eigenvalue weighted by molar-refractivity contribution is 6.30. The van der Waals surface area contributed by atoms with Crippen LogP contribution in [0.5, 0.6) is 0 Å². The van der Waals surface area contributed by atoms with Crippen LogP contribution in [0.2, 0.25) is 5.02 Å². The minimum atomic E-state index is 0.832.